The summed E-state index contributed by atoms with van der Waals surface area (Å²) in [5.41, 5.74) is 3.58. The molecule has 5 nitrogen and oxygen atoms in total. The van der Waals surface area contributed by atoms with Gasteiger partial charge in [0.1, 0.15) is 12.4 Å². The summed E-state index contributed by atoms with van der Waals surface area (Å²) in [4.78, 5) is 15.5. The summed E-state index contributed by atoms with van der Waals surface area (Å²) in [6.45, 7) is 3.27. The van der Waals surface area contributed by atoms with Crippen molar-refractivity contribution < 1.29 is 19.0 Å². The van der Waals surface area contributed by atoms with Crippen LogP contribution in [0, 0.1) is 5.92 Å². The molecular weight excluding hydrogens is 414 g/mol. The van der Waals surface area contributed by atoms with Crippen LogP contribution < -0.4 is 14.2 Å². The lowest BCUT2D eigenvalue weighted by molar-refractivity contribution is -0.136. The fourth-order valence-electron chi connectivity index (χ4n) is 5.26. The van der Waals surface area contributed by atoms with Crippen LogP contribution in [-0.4, -0.2) is 38.2 Å². The van der Waals surface area contributed by atoms with E-state index in [0.717, 1.165) is 29.9 Å². The molecular formula is C28H37NO4. The lowest BCUT2D eigenvalue weighted by Crippen LogP contribution is -2.43. The molecule has 0 bridgehead atoms. The molecule has 2 aromatic carbocycles. The van der Waals surface area contributed by atoms with E-state index >= 15 is 0 Å². The smallest absolute Gasteiger partial charge is 0.223 e. The number of hydrogen-bond donors (Lipinski definition) is 0. The molecule has 1 unspecified atom stereocenters. The monoisotopic (exact) mass is 451 g/mol. The van der Waals surface area contributed by atoms with Crippen LogP contribution >= 0.6 is 0 Å². The molecule has 1 aliphatic carbocycles. The first-order chi connectivity index (χ1) is 16.1. The van der Waals surface area contributed by atoms with E-state index in [2.05, 4.69) is 25.1 Å². The highest BCUT2D eigenvalue weighted by molar-refractivity contribution is 5.77. The number of fused-ring (bicyclic) bond motifs is 1. The highest BCUT2D eigenvalue weighted by atomic mass is 16.5. The van der Waals surface area contributed by atoms with Gasteiger partial charge in [-0.3, -0.25) is 4.79 Å². The molecule has 1 aliphatic heterocycles. The summed E-state index contributed by atoms with van der Waals surface area (Å²) >= 11 is 0. The maximum Gasteiger partial charge on any atom is 0.223 e. The van der Waals surface area contributed by atoms with E-state index in [1.54, 1.807) is 14.2 Å². The van der Waals surface area contributed by atoms with Gasteiger partial charge in [0, 0.05) is 13.0 Å². The van der Waals surface area contributed by atoms with Crippen molar-refractivity contribution in [2.45, 2.75) is 64.3 Å². The van der Waals surface area contributed by atoms with Crippen LogP contribution in [0.3, 0.4) is 0 Å². The van der Waals surface area contributed by atoms with Crippen LogP contribution in [0.5, 0.6) is 17.2 Å². The second-order valence-corrected chi connectivity index (χ2v) is 9.28. The largest absolute Gasteiger partial charge is 0.493 e. The first-order valence-corrected chi connectivity index (χ1v) is 12.4. The predicted molar refractivity (Wildman–Crippen MR) is 130 cm³/mol. The third-order valence-electron chi connectivity index (χ3n) is 7.25. The molecule has 5 heteroatoms. The molecule has 1 saturated carbocycles. The molecule has 1 fully saturated rings. The van der Waals surface area contributed by atoms with Crippen molar-refractivity contribution in [3.05, 3.63) is 53.1 Å². The Bertz CT molecular complexity index is 934. The van der Waals surface area contributed by atoms with E-state index in [1.807, 2.05) is 23.1 Å². The SMILES string of the molecule is CCc1ccc(OCC2c3cc(OC)c(OC)cc3CCN2C(=O)CC2CCCCC2)cc1. The normalized spacial score (nSPS) is 18.5. The molecule has 4 rings (SSSR count). The van der Waals surface area contributed by atoms with Gasteiger partial charge in [-0.15, -0.1) is 0 Å². The summed E-state index contributed by atoms with van der Waals surface area (Å²) in [6, 6.07) is 12.2. The zero-order valence-corrected chi connectivity index (χ0v) is 20.3. The zero-order valence-electron chi connectivity index (χ0n) is 20.3. The van der Waals surface area contributed by atoms with Gasteiger partial charge < -0.3 is 19.1 Å². The van der Waals surface area contributed by atoms with Crippen molar-refractivity contribution in [1.29, 1.82) is 0 Å². The number of aryl methyl sites for hydroxylation is 1. The number of benzene rings is 2. The molecule has 0 spiro atoms. The van der Waals surface area contributed by atoms with Crippen LogP contribution in [0.25, 0.3) is 0 Å². The van der Waals surface area contributed by atoms with E-state index in [0.29, 0.717) is 31.2 Å². The summed E-state index contributed by atoms with van der Waals surface area (Å²) < 4.78 is 17.3. The number of carbonyl (C=O) groups excluding carboxylic acids is 1. The summed E-state index contributed by atoms with van der Waals surface area (Å²) in [6.07, 6.45) is 8.60. The van der Waals surface area contributed by atoms with Gasteiger partial charge in [0.25, 0.3) is 0 Å². The Hall–Kier alpha value is -2.69. The minimum absolute atomic E-state index is 0.143. The highest BCUT2D eigenvalue weighted by Crippen LogP contribution is 2.39. The van der Waals surface area contributed by atoms with E-state index in [4.69, 9.17) is 14.2 Å². The topological polar surface area (TPSA) is 48.0 Å². The van der Waals surface area contributed by atoms with Crippen molar-refractivity contribution in [3.63, 3.8) is 0 Å². The number of amides is 1. The number of nitrogens with zero attached hydrogens (tertiary/aromatic N) is 1. The number of rotatable bonds is 8. The Morgan fingerprint density at radius 3 is 2.36 bits per heavy atom. The molecule has 0 radical (unpaired) electrons. The standard InChI is InChI=1S/C28H37NO4/c1-4-20-10-12-23(13-11-20)33-19-25-24-18-27(32-3)26(31-2)17-22(24)14-15-29(25)28(30)16-21-8-6-5-7-9-21/h10-13,17-18,21,25H,4-9,14-16,19H2,1-3H3. The van der Waals surface area contributed by atoms with Gasteiger partial charge >= 0.3 is 0 Å². The van der Waals surface area contributed by atoms with E-state index < -0.39 is 0 Å². The van der Waals surface area contributed by atoms with E-state index in [9.17, 15) is 4.79 Å². The van der Waals surface area contributed by atoms with Gasteiger partial charge in [0.05, 0.1) is 20.3 Å². The maximum atomic E-state index is 13.5. The van der Waals surface area contributed by atoms with Gasteiger partial charge in [-0.05, 0) is 72.6 Å². The Morgan fingerprint density at radius 2 is 1.70 bits per heavy atom. The van der Waals surface area contributed by atoms with Crippen LogP contribution in [0.15, 0.2) is 36.4 Å². The molecule has 1 heterocycles. The fourth-order valence-corrected chi connectivity index (χ4v) is 5.26. The van der Waals surface area contributed by atoms with Gasteiger partial charge in [0.2, 0.25) is 5.91 Å². The molecule has 0 N–H and O–H groups in total. The van der Waals surface area contributed by atoms with Gasteiger partial charge in [-0.25, -0.2) is 0 Å². The number of methoxy groups -OCH3 is 2. The molecule has 2 aromatic rings. The lowest BCUT2D eigenvalue weighted by atomic mass is 9.85. The fraction of sp³-hybridized carbons (Fsp3) is 0.536. The van der Waals surface area contributed by atoms with Crippen molar-refractivity contribution >= 4 is 5.91 Å². The van der Waals surface area contributed by atoms with Crippen molar-refractivity contribution in [3.8, 4) is 17.2 Å². The third-order valence-corrected chi connectivity index (χ3v) is 7.25. The van der Waals surface area contributed by atoms with Crippen molar-refractivity contribution in [1.82, 2.24) is 4.90 Å². The molecule has 0 aromatic heterocycles. The van der Waals surface area contributed by atoms with Crippen molar-refractivity contribution in [2.24, 2.45) is 5.92 Å². The second-order valence-electron chi connectivity index (χ2n) is 9.28. The Balaban J connectivity index is 1.58. The Morgan fingerprint density at radius 1 is 1.00 bits per heavy atom. The Kier molecular flexibility index (Phi) is 7.79. The number of hydrogen-bond acceptors (Lipinski definition) is 4. The van der Waals surface area contributed by atoms with Crippen LogP contribution in [0.1, 0.15) is 68.2 Å². The molecule has 178 valence electrons. The zero-order chi connectivity index (χ0) is 23.2. The molecule has 0 saturated heterocycles. The van der Waals surface area contributed by atoms with Crippen molar-refractivity contribution in [2.75, 3.05) is 27.4 Å². The van der Waals surface area contributed by atoms with Crippen LogP contribution in [0.4, 0.5) is 0 Å². The summed E-state index contributed by atoms with van der Waals surface area (Å²) in [7, 11) is 3.31. The van der Waals surface area contributed by atoms with Crippen LogP contribution in [0.2, 0.25) is 0 Å². The Labute approximate surface area is 198 Å². The minimum atomic E-state index is -0.143. The van der Waals surface area contributed by atoms with Gasteiger partial charge in [-0.1, -0.05) is 38.3 Å². The average Bonchev–Trinajstić information content (AvgIpc) is 2.87. The summed E-state index contributed by atoms with van der Waals surface area (Å²) in [5, 5.41) is 0. The van der Waals surface area contributed by atoms with Gasteiger partial charge in [0.15, 0.2) is 11.5 Å². The predicted octanol–water partition coefficient (Wildman–Crippen LogP) is 5.74. The summed E-state index contributed by atoms with van der Waals surface area (Å²) in [5.74, 6) is 3.01. The molecule has 1 atom stereocenters. The highest BCUT2D eigenvalue weighted by Gasteiger charge is 2.33. The minimum Gasteiger partial charge on any atom is -0.493 e. The molecule has 33 heavy (non-hydrogen) atoms. The number of ether oxygens (including phenoxy) is 3. The number of carbonyl (C=O) groups is 1. The first-order valence-electron chi connectivity index (χ1n) is 12.4. The third kappa shape index (κ3) is 5.45. The van der Waals surface area contributed by atoms with Gasteiger partial charge in [-0.2, -0.15) is 0 Å². The molecule has 1 amide bonds. The average molecular weight is 452 g/mol. The molecule has 2 aliphatic rings. The lowest BCUT2D eigenvalue weighted by Gasteiger charge is -2.38. The quantitative estimate of drug-likeness (QED) is 0.513. The van der Waals surface area contributed by atoms with E-state index in [1.165, 1.54) is 43.2 Å². The first kappa shape index (κ1) is 23.5. The maximum absolute atomic E-state index is 13.5. The van der Waals surface area contributed by atoms with E-state index in [-0.39, 0.29) is 11.9 Å². The van der Waals surface area contributed by atoms with Crippen LogP contribution in [-0.2, 0) is 17.6 Å². The second kappa shape index (κ2) is 11.0.